The topological polar surface area (TPSA) is 115 Å². The number of nitrogens with one attached hydrogen (secondary N) is 2. The lowest BCUT2D eigenvalue weighted by Gasteiger charge is -2.44. The highest BCUT2D eigenvalue weighted by Gasteiger charge is 2.35. The van der Waals surface area contributed by atoms with Gasteiger partial charge in [0.2, 0.25) is 0 Å². The maximum atomic E-state index is 13.5. The van der Waals surface area contributed by atoms with E-state index in [1.807, 2.05) is 16.7 Å². The Kier molecular flexibility index (Phi) is 7.93. The smallest absolute Gasteiger partial charge is 0.291 e. The van der Waals surface area contributed by atoms with Crippen molar-refractivity contribution in [3.05, 3.63) is 97.7 Å². The van der Waals surface area contributed by atoms with Gasteiger partial charge in [-0.3, -0.25) is 14.4 Å². The van der Waals surface area contributed by atoms with Gasteiger partial charge in [0.05, 0.1) is 36.3 Å². The monoisotopic (exact) mass is 666 g/mol. The minimum atomic E-state index is -0.456. The number of anilines is 3. The molecule has 2 atom stereocenters. The van der Waals surface area contributed by atoms with E-state index in [4.69, 9.17) is 25.5 Å². The SMILES string of the molecule is COc1cc(OC)c(NC(=O)c2ccc(N3C[C@H]4C[C@@H](C3)c3cccc(=O)n3C4)c(NC(=O)c3ccc(Br)o3)c2)cc1Cl. The Labute approximate surface area is 260 Å². The van der Waals surface area contributed by atoms with Gasteiger partial charge in [0.1, 0.15) is 11.5 Å². The molecule has 0 aliphatic carbocycles. The lowest BCUT2D eigenvalue weighted by molar-refractivity contribution is 0.0992. The van der Waals surface area contributed by atoms with Gasteiger partial charge in [0, 0.05) is 48.9 Å². The third-order valence-electron chi connectivity index (χ3n) is 7.85. The van der Waals surface area contributed by atoms with Gasteiger partial charge in [-0.2, -0.15) is 0 Å². The van der Waals surface area contributed by atoms with Crippen LogP contribution >= 0.6 is 27.5 Å². The third kappa shape index (κ3) is 5.74. The van der Waals surface area contributed by atoms with Crippen LogP contribution in [0.5, 0.6) is 11.5 Å². The molecular formula is C31H28BrClN4O6. The molecule has 1 fully saturated rings. The van der Waals surface area contributed by atoms with E-state index < -0.39 is 11.8 Å². The Balaban J connectivity index is 1.33. The number of furan rings is 1. The predicted molar refractivity (Wildman–Crippen MR) is 167 cm³/mol. The summed E-state index contributed by atoms with van der Waals surface area (Å²) >= 11 is 9.54. The molecule has 4 aromatic rings. The van der Waals surface area contributed by atoms with Crippen molar-refractivity contribution in [3.8, 4) is 11.5 Å². The molecule has 2 amide bonds. The minimum absolute atomic E-state index is 0.0170. The number of nitrogens with zero attached hydrogens (tertiary/aromatic N) is 2. The maximum absolute atomic E-state index is 13.5. The van der Waals surface area contributed by atoms with Gasteiger partial charge >= 0.3 is 0 Å². The molecule has 2 N–H and O–H groups in total. The van der Waals surface area contributed by atoms with Gasteiger partial charge in [-0.25, -0.2) is 0 Å². The Bertz CT molecular complexity index is 1790. The van der Waals surface area contributed by atoms with Gasteiger partial charge in [-0.1, -0.05) is 17.7 Å². The molecule has 0 radical (unpaired) electrons. The highest BCUT2D eigenvalue weighted by Crippen LogP contribution is 2.40. The second-order valence-electron chi connectivity index (χ2n) is 10.5. The fourth-order valence-electron chi connectivity index (χ4n) is 5.92. The van der Waals surface area contributed by atoms with Crippen LogP contribution in [0, 0.1) is 5.92 Å². The number of hydrogen-bond donors (Lipinski definition) is 2. The van der Waals surface area contributed by atoms with Gasteiger partial charge in [-0.15, -0.1) is 0 Å². The number of pyridine rings is 1. The molecule has 12 heteroatoms. The zero-order valence-corrected chi connectivity index (χ0v) is 25.7. The molecule has 0 spiro atoms. The normalized spacial score (nSPS) is 17.2. The van der Waals surface area contributed by atoms with Crippen LogP contribution in [-0.2, 0) is 6.54 Å². The van der Waals surface area contributed by atoms with Crippen molar-refractivity contribution in [3.63, 3.8) is 0 Å². The number of aromatic nitrogens is 1. The van der Waals surface area contributed by atoms with Crippen molar-refractivity contribution in [2.75, 3.05) is 42.8 Å². The van der Waals surface area contributed by atoms with Gasteiger partial charge < -0.3 is 34.0 Å². The van der Waals surface area contributed by atoms with E-state index in [1.54, 1.807) is 48.5 Å². The predicted octanol–water partition coefficient (Wildman–Crippen LogP) is 6.00. The molecular weight excluding hydrogens is 640 g/mol. The van der Waals surface area contributed by atoms with Crippen molar-refractivity contribution < 1.29 is 23.5 Å². The van der Waals surface area contributed by atoms with E-state index in [0.29, 0.717) is 57.8 Å². The van der Waals surface area contributed by atoms with Crippen LogP contribution in [0.15, 0.2) is 74.5 Å². The number of carbonyl (C=O) groups is 2. The van der Waals surface area contributed by atoms with Crippen molar-refractivity contribution in [2.45, 2.75) is 18.9 Å². The van der Waals surface area contributed by atoms with Gasteiger partial charge in [0.15, 0.2) is 10.4 Å². The van der Waals surface area contributed by atoms with Crippen LogP contribution in [0.4, 0.5) is 17.1 Å². The molecule has 2 aromatic carbocycles. The van der Waals surface area contributed by atoms with Gasteiger partial charge in [-0.05, 0) is 70.7 Å². The highest BCUT2D eigenvalue weighted by molar-refractivity contribution is 9.10. The zero-order chi connectivity index (χ0) is 30.2. The van der Waals surface area contributed by atoms with E-state index in [1.165, 1.54) is 14.2 Å². The van der Waals surface area contributed by atoms with E-state index in [0.717, 1.165) is 17.8 Å². The standard InChI is InChI=1S/C31H28BrClN4O6/c1-41-26-13-27(42-2)22(12-20(26)33)35-30(39)18-6-7-24(21(11-18)34-31(40)25-8-9-28(32)43-25)36-14-17-10-19(16-36)23-4-3-5-29(38)37(23)15-17/h3-9,11-13,17,19H,10,14-16H2,1-2H3,(H,34,40)(H,35,39)/t17-,19+/m1/s1. The Morgan fingerprint density at radius 2 is 1.72 bits per heavy atom. The molecule has 2 bridgehead atoms. The summed E-state index contributed by atoms with van der Waals surface area (Å²) in [5, 5.41) is 6.10. The molecule has 10 nitrogen and oxygen atoms in total. The van der Waals surface area contributed by atoms with Crippen LogP contribution in [0.3, 0.4) is 0 Å². The highest BCUT2D eigenvalue weighted by atomic mass is 79.9. The number of piperidine rings is 1. The van der Waals surface area contributed by atoms with Crippen molar-refractivity contribution in [1.82, 2.24) is 4.57 Å². The van der Waals surface area contributed by atoms with Gasteiger partial charge in [0.25, 0.3) is 17.4 Å². The zero-order valence-electron chi connectivity index (χ0n) is 23.4. The quantitative estimate of drug-likeness (QED) is 0.248. The second kappa shape index (κ2) is 11.8. The first-order valence-corrected chi connectivity index (χ1v) is 14.8. The number of hydrogen-bond acceptors (Lipinski definition) is 7. The number of amides is 2. The first kappa shape index (κ1) is 28.9. The van der Waals surface area contributed by atoms with Crippen molar-refractivity contribution >= 4 is 56.4 Å². The average Bonchev–Trinajstić information content (AvgIpc) is 3.44. The second-order valence-corrected chi connectivity index (χ2v) is 11.7. The van der Waals surface area contributed by atoms with E-state index >= 15 is 0 Å². The van der Waals surface area contributed by atoms with E-state index in [9.17, 15) is 14.4 Å². The molecule has 0 saturated carbocycles. The molecule has 6 rings (SSSR count). The van der Waals surface area contributed by atoms with Crippen molar-refractivity contribution in [2.24, 2.45) is 5.92 Å². The summed E-state index contributed by atoms with van der Waals surface area (Å²) in [6, 6.07) is 16.9. The summed E-state index contributed by atoms with van der Waals surface area (Å²) in [4.78, 5) is 41.4. The van der Waals surface area contributed by atoms with Crippen LogP contribution in [0.2, 0.25) is 5.02 Å². The fraction of sp³-hybridized carbons (Fsp3) is 0.258. The molecule has 2 aromatic heterocycles. The lowest BCUT2D eigenvalue weighted by Crippen LogP contribution is -2.47. The molecule has 222 valence electrons. The number of methoxy groups -OCH3 is 2. The lowest BCUT2D eigenvalue weighted by atomic mass is 9.83. The number of fused-ring (bicyclic) bond motifs is 4. The molecule has 43 heavy (non-hydrogen) atoms. The summed E-state index contributed by atoms with van der Waals surface area (Å²) < 4.78 is 18.4. The van der Waals surface area contributed by atoms with E-state index in [-0.39, 0.29) is 23.2 Å². The summed E-state index contributed by atoms with van der Waals surface area (Å²) in [6.07, 6.45) is 0.981. The van der Waals surface area contributed by atoms with E-state index in [2.05, 4.69) is 31.5 Å². The molecule has 1 saturated heterocycles. The molecule has 2 aliphatic rings. The summed E-state index contributed by atoms with van der Waals surface area (Å²) in [5.41, 5.74) is 2.93. The molecule has 0 unspecified atom stereocenters. The molecule has 4 heterocycles. The number of benzene rings is 2. The Morgan fingerprint density at radius 1 is 0.930 bits per heavy atom. The molecule has 2 aliphatic heterocycles. The number of halogens is 2. The van der Waals surface area contributed by atoms with Crippen LogP contribution < -0.4 is 30.6 Å². The Hall–Kier alpha value is -4.22. The largest absolute Gasteiger partial charge is 0.495 e. The first-order valence-electron chi connectivity index (χ1n) is 13.6. The third-order valence-corrected chi connectivity index (χ3v) is 8.57. The van der Waals surface area contributed by atoms with Crippen LogP contribution in [0.1, 0.15) is 38.9 Å². The first-order chi connectivity index (χ1) is 20.7. The van der Waals surface area contributed by atoms with Crippen molar-refractivity contribution in [1.29, 1.82) is 0 Å². The number of carbonyl (C=O) groups excluding carboxylic acids is 2. The number of ether oxygens (including phenoxy) is 2. The van der Waals surface area contributed by atoms with Crippen LogP contribution in [0.25, 0.3) is 0 Å². The summed E-state index contributed by atoms with van der Waals surface area (Å²) in [7, 11) is 2.97. The fourth-order valence-corrected chi connectivity index (χ4v) is 6.47. The number of rotatable bonds is 7. The minimum Gasteiger partial charge on any atom is -0.495 e. The summed E-state index contributed by atoms with van der Waals surface area (Å²) in [5.74, 6) is 0.437. The maximum Gasteiger partial charge on any atom is 0.291 e. The van der Waals surface area contributed by atoms with Crippen LogP contribution in [-0.4, -0.2) is 43.7 Å². The summed E-state index contributed by atoms with van der Waals surface area (Å²) in [6.45, 7) is 1.98. The average molecular weight is 668 g/mol. The Morgan fingerprint density at radius 3 is 2.47 bits per heavy atom.